The molecule has 0 bridgehead atoms. The summed E-state index contributed by atoms with van der Waals surface area (Å²) in [6.07, 6.45) is 0. The maximum atomic E-state index is 12.8. The molecule has 1 N–H and O–H groups in total. The summed E-state index contributed by atoms with van der Waals surface area (Å²) in [4.78, 5) is 41.1. The van der Waals surface area contributed by atoms with E-state index < -0.39 is 9.85 Å². The Morgan fingerprint density at radius 3 is 1.58 bits per heavy atom. The lowest BCUT2D eigenvalue weighted by Gasteiger charge is -2.37. The number of carbonyl (C=O) groups is 1. The van der Waals surface area contributed by atoms with Crippen molar-refractivity contribution in [3.8, 4) is 0 Å². The SMILES string of the molecule is O=C(C[NH+]1CCN(c2ccc([N+](=O)[O-])cc2)CC1)N1CCN(c2ccc([N+](=O)[O-])cc2)CC1. The van der Waals surface area contributed by atoms with Crippen molar-refractivity contribution in [1.82, 2.24) is 4.90 Å². The molecule has 2 heterocycles. The van der Waals surface area contributed by atoms with E-state index in [1.807, 2.05) is 4.90 Å². The highest BCUT2D eigenvalue weighted by atomic mass is 16.6. The van der Waals surface area contributed by atoms with Gasteiger partial charge in [0, 0.05) is 61.8 Å². The van der Waals surface area contributed by atoms with Crippen LogP contribution in [-0.4, -0.2) is 79.6 Å². The average molecular weight is 455 g/mol. The van der Waals surface area contributed by atoms with Crippen LogP contribution in [0.15, 0.2) is 48.5 Å². The molecule has 0 aromatic heterocycles. The molecule has 1 amide bonds. The molecular weight excluding hydrogens is 428 g/mol. The molecule has 0 radical (unpaired) electrons. The molecule has 2 fully saturated rings. The molecule has 174 valence electrons. The quantitative estimate of drug-likeness (QED) is 0.499. The zero-order chi connectivity index (χ0) is 23.4. The molecule has 2 aliphatic heterocycles. The van der Waals surface area contributed by atoms with Crippen LogP contribution in [0.5, 0.6) is 0 Å². The number of nitro groups is 2. The highest BCUT2D eigenvalue weighted by molar-refractivity contribution is 5.77. The van der Waals surface area contributed by atoms with Crippen LogP contribution in [-0.2, 0) is 4.79 Å². The van der Waals surface area contributed by atoms with E-state index in [-0.39, 0.29) is 17.3 Å². The van der Waals surface area contributed by atoms with Crippen molar-refractivity contribution in [2.75, 3.05) is 68.7 Å². The van der Waals surface area contributed by atoms with Gasteiger partial charge in [0.05, 0.1) is 36.0 Å². The third kappa shape index (κ3) is 5.37. The van der Waals surface area contributed by atoms with Gasteiger partial charge in [0.1, 0.15) is 0 Å². The fourth-order valence-electron chi connectivity index (χ4n) is 4.37. The maximum absolute atomic E-state index is 12.8. The van der Waals surface area contributed by atoms with Crippen LogP contribution in [0.2, 0.25) is 0 Å². The van der Waals surface area contributed by atoms with Crippen LogP contribution < -0.4 is 14.7 Å². The van der Waals surface area contributed by atoms with Gasteiger partial charge in [-0.05, 0) is 24.3 Å². The number of hydrogen-bond acceptors (Lipinski definition) is 7. The van der Waals surface area contributed by atoms with Crippen molar-refractivity contribution < 1.29 is 19.5 Å². The Morgan fingerprint density at radius 2 is 1.15 bits per heavy atom. The number of hydrogen-bond donors (Lipinski definition) is 1. The summed E-state index contributed by atoms with van der Waals surface area (Å²) in [5.41, 5.74) is 2.06. The first-order valence-corrected chi connectivity index (χ1v) is 11.0. The number of amides is 1. The van der Waals surface area contributed by atoms with Gasteiger partial charge in [-0.1, -0.05) is 0 Å². The molecule has 4 rings (SSSR count). The molecule has 0 spiro atoms. The molecule has 0 aliphatic carbocycles. The van der Waals surface area contributed by atoms with Crippen LogP contribution in [0, 0.1) is 20.2 Å². The number of benzene rings is 2. The fraction of sp³-hybridized carbons (Fsp3) is 0.409. The van der Waals surface area contributed by atoms with E-state index in [2.05, 4.69) is 9.80 Å². The van der Waals surface area contributed by atoms with E-state index in [1.54, 1.807) is 24.3 Å². The number of piperazine rings is 2. The molecule has 2 aromatic carbocycles. The number of rotatable bonds is 6. The summed E-state index contributed by atoms with van der Waals surface area (Å²) in [6.45, 7) is 6.42. The molecule has 0 saturated carbocycles. The fourth-order valence-corrected chi connectivity index (χ4v) is 4.37. The Balaban J connectivity index is 1.22. The zero-order valence-electron chi connectivity index (χ0n) is 18.3. The monoisotopic (exact) mass is 455 g/mol. The molecule has 0 atom stereocenters. The molecule has 33 heavy (non-hydrogen) atoms. The largest absolute Gasteiger partial charge is 0.368 e. The van der Waals surface area contributed by atoms with E-state index in [4.69, 9.17) is 0 Å². The number of carbonyl (C=O) groups excluding carboxylic acids is 1. The Hall–Kier alpha value is -3.73. The molecule has 2 aliphatic rings. The van der Waals surface area contributed by atoms with Crippen LogP contribution in [0.1, 0.15) is 0 Å². The van der Waals surface area contributed by atoms with E-state index in [9.17, 15) is 25.0 Å². The van der Waals surface area contributed by atoms with Gasteiger partial charge in [0.2, 0.25) is 0 Å². The van der Waals surface area contributed by atoms with Crippen molar-refractivity contribution in [2.24, 2.45) is 0 Å². The number of non-ortho nitro benzene ring substituents is 2. The summed E-state index contributed by atoms with van der Waals surface area (Å²) in [6, 6.07) is 13.1. The predicted octanol–water partition coefficient (Wildman–Crippen LogP) is 0.557. The van der Waals surface area contributed by atoms with Crippen molar-refractivity contribution in [3.05, 3.63) is 68.8 Å². The lowest BCUT2D eigenvalue weighted by molar-refractivity contribution is -0.892. The molecule has 11 heteroatoms. The smallest absolute Gasteiger partial charge is 0.277 e. The predicted molar refractivity (Wildman–Crippen MR) is 123 cm³/mol. The van der Waals surface area contributed by atoms with Crippen molar-refractivity contribution >= 4 is 28.7 Å². The number of quaternary nitrogens is 1. The standard InChI is InChI=1S/C22H26N6O5/c29-22(26-15-13-25(14-16-26)19-3-7-21(8-4-19)28(32)33)17-23-9-11-24(12-10-23)18-1-5-20(6-2-18)27(30)31/h1-8H,9-17H2/p+1. The Labute approximate surface area is 191 Å². The van der Waals surface area contributed by atoms with Crippen LogP contribution in [0.25, 0.3) is 0 Å². The van der Waals surface area contributed by atoms with Crippen molar-refractivity contribution in [3.63, 3.8) is 0 Å². The van der Waals surface area contributed by atoms with E-state index >= 15 is 0 Å². The summed E-state index contributed by atoms with van der Waals surface area (Å²) < 4.78 is 0. The minimum absolute atomic E-state index is 0.0733. The summed E-state index contributed by atoms with van der Waals surface area (Å²) in [7, 11) is 0. The first kappa shape index (κ1) is 22.5. The Bertz CT molecular complexity index is 997. The summed E-state index contributed by atoms with van der Waals surface area (Å²) in [5.74, 6) is 0.150. The van der Waals surface area contributed by atoms with Crippen LogP contribution in [0.4, 0.5) is 22.7 Å². The van der Waals surface area contributed by atoms with E-state index in [0.717, 1.165) is 37.6 Å². The van der Waals surface area contributed by atoms with Gasteiger partial charge in [-0.2, -0.15) is 0 Å². The third-order valence-electron chi connectivity index (χ3n) is 6.36. The van der Waals surface area contributed by atoms with Gasteiger partial charge < -0.3 is 19.6 Å². The topological polar surface area (TPSA) is 118 Å². The van der Waals surface area contributed by atoms with Gasteiger partial charge in [-0.3, -0.25) is 25.0 Å². The minimum Gasteiger partial charge on any atom is -0.368 e. The Kier molecular flexibility index (Phi) is 6.68. The minimum atomic E-state index is -0.408. The first-order valence-electron chi connectivity index (χ1n) is 11.0. The zero-order valence-corrected chi connectivity index (χ0v) is 18.3. The summed E-state index contributed by atoms with van der Waals surface area (Å²) in [5, 5.41) is 21.6. The molecule has 11 nitrogen and oxygen atoms in total. The number of nitrogens with zero attached hydrogens (tertiary/aromatic N) is 5. The van der Waals surface area contributed by atoms with Gasteiger partial charge >= 0.3 is 0 Å². The average Bonchev–Trinajstić information content (AvgIpc) is 2.85. The number of nitro benzene ring substituents is 2. The lowest BCUT2D eigenvalue weighted by Crippen LogP contribution is -3.16. The van der Waals surface area contributed by atoms with E-state index in [0.29, 0.717) is 32.7 Å². The molecular formula is C22H27N6O5+. The van der Waals surface area contributed by atoms with Crippen molar-refractivity contribution in [1.29, 1.82) is 0 Å². The molecule has 0 unspecified atom stereocenters. The molecule has 2 saturated heterocycles. The van der Waals surface area contributed by atoms with Crippen LogP contribution >= 0.6 is 0 Å². The third-order valence-corrected chi connectivity index (χ3v) is 6.36. The lowest BCUT2D eigenvalue weighted by atomic mass is 10.2. The maximum Gasteiger partial charge on any atom is 0.277 e. The highest BCUT2D eigenvalue weighted by Crippen LogP contribution is 2.21. The first-order chi connectivity index (χ1) is 15.9. The van der Waals surface area contributed by atoms with Gasteiger partial charge in [-0.15, -0.1) is 0 Å². The highest BCUT2D eigenvalue weighted by Gasteiger charge is 2.27. The number of nitrogens with one attached hydrogen (secondary N) is 1. The second-order valence-corrected chi connectivity index (χ2v) is 8.33. The second kappa shape index (κ2) is 9.82. The normalized spacial score (nSPS) is 17.2. The summed E-state index contributed by atoms with van der Waals surface area (Å²) >= 11 is 0. The number of anilines is 2. The van der Waals surface area contributed by atoms with Crippen molar-refractivity contribution in [2.45, 2.75) is 0 Å². The van der Waals surface area contributed by atoms with Gasteiger partial charge in [-0.25, -0.2) is 0 Å². The van der Waals surface area contributed by atoms with Gasteiger partial charge in [0.15, 0.2) is 6.54 Å². The van der Waals surface area contributed by atoms with Crippen LogP contribution in [0.3, 0.4) is 0 Å². The van der Waals surface area contributed by atoms with E-state index in [1.165, 1.54) is 29.2 Å². The second-order valence-electron chi connectivity index (χ2n) is 8.33. The molecule has 2 aromatic rings. The van der Waals surface area contributed by atoms with Gasteiger partial charge in [0.25, 0.3) is 17.3 Å². The Morgan fingerprint density at radius 1 is 0.727 bits per heavy atom.